The molecule has 1 aliphatic rings. The van der Waals surface area contributed by atoms with Gasteiger partial charge in [0.1, 0.15) is 6.04 Å². The second kappa shape index (κ2) is 7.85. The first kappa shape index (κ1) is 17.7. The van der Waals surface area contributed by atoms with Crippen molar-refractivity contribution >= 4 is 5.91 Å². The molecule has 0 saturated carbocycles. The highest BCUT2D eigenvalue weighted by Gasteiger charge is 2.34. The maximum absolute atomic E-state index is 13.1. The quantitative estimate of drug-likeness (QED) is 0.878. The summed E-state index contributed by atoms with van der Waals surface area (Å²) in [7, 11) is 0. The zero-order valence-corrected chi connectivity index (χ0v) is 14.7. The Morgan fingerprint density at radius 1 is 1.20 bits per heavy atom. The number of benzene rings is 1. The van der Waals surface area contributed by atoms with Crippen LogP contribution in [-0.4, -0.2) is 45.8 Å². The van der Waals surface area contributed by atoms with Crippen LogP contribution >= 0.6 is 0 Å². The number of aliphatic hydroxyl groups is 1. The van der Waals surface area contributed by atoms with E-state index in [1.165, 1.54) is 0 Å². The first-order valence-electron chi connectivity index (χ1n) is 8.83. The van der Waals surface area contributed by atoms with Crippen LogP contribution in [0.15, 0.2) is 54.9 Å². The predicted molar refractivity (Wildman–Crippen MR) is 96.0 cm³/mol. The minimum Gasteiger partial charge on any atom is -0.388 e. The van der Waals surface area contributed by atoms with Gasteiger partial charge in [-0.25, -0.2) is 0 Å². The number of ether oxygens (including phenoxy) is 1. The summed E-state index contributed by atoms with van der Waals surface area (Å²) in [6.45, 7) is 3.80. The van der Waals surface area contributed by atoms with Crippen molar-refractivity contribution in [1.29, 1.82) is 0 Å². The number of carbonyl (C=O) groups is 1. The Bertz CT molecular complexity index is 664. The number of hydrogen-bond donors (Lipinski definition) is 1. The van der Waals surface area contributed by atoms with E-state index in [0.717, 1.165) is 5.56 Å². The van der Waals surface area contributed by atoms with Crippen molar-refractivity contribution in [3.05, 3.63) is 60.4 Å². The summed E-state index contributed by atoms with van der Waals surface area (Å²) in [5, 5.41) is 10.9. The summed E-state index contributed by atoms with van der Waals surface area (Å²) in [5.41, 5.74) is 0.185. The van der Waals surface area contributed by atoms with Crippen LogP contribution < -0.4 is 0 Å². The smallest absolute Gasteiger partial charge is 0.245 e. The monoisotopic (exact) mass is 342 g/mol. The molecule has 0 radical (unpaired) electrons. The van der Waals surface area contributed by atoms with Gasteiger partial charge < -0.3 is 19.3 Å². The lowest BCUT2D eigenvalue weighted by Crippen LogP contribution is -2.49. The highest BCUT2D eigenvalue weighted by molar-refractivity contribution is 5.80. The van der Waals surface area contributed by atoms with Gasteiger partial charge in [0.15, 0.2) is 0 Å². The lowest BCUT2D eigenvalue weighted by molar-refractivity contribution is -0.142. The Morgan fingerprint density at radius 2 is 1.84 bits per heavy atom. The lowest BCUT2D eigenvalue weighted by Gasteiger charge is -2.38. The zero-order chi connectivity index (χ0) is 17.7. The fourth-order valence-corrected chi connectivity index (χ4v) is 3.28. The molecule has 3 rings (SSSR count). The highest BCUT2D eigenvalue weighted by Crippen LogP contribution is 2.24. The first-order chi connectivity index (χ1) is 12.1. The van der Waals surface area contributed by atoms with Gasteiger partial charge in [0.2, 0.25) is 5.91 Å². The summed E-state index contributed by atoms with van der Waals surface area (Å²) >= 11 is 0. The van der Waals surface area contributed by atoms with Crippen LogP contribution in [0, 0.1) is 0 Å². The van der Waals surface area contributed by atoms with Crippen molar-refractivity contribution in [2.75, 3.05) is 19.8 Å². The average Bonchev–Trinajstić information content (AvgIpc) is 3.16. The second-order valence-corrected chi connectivity index (χ2v) is 6.82. The molecule has 1 aromatic heterocycles. The number of carbonyl (C=O) groups excluding carboxylic acids is 1. The van der Waals surface area contributed by atoms with Gasteiger partial charge in [-0.05, 0) is 24.6 Å². The van der Waals surface area contributed by atoms with Crippen LogP contribution in [0.1, 0.15) is 31.4 Å². The molecule has 1 atom stereocenters. The molecule has 1 unspecified atom stereocenters. The van der Waals surface area contributed by atoms with Crippen molar-refractivity contribution in [1.82, 2.24) is 9.47 Å². The molecule has 1 saturated heterocycles. The average molecular weight is 342 g/mol. The summed E-state index contributed by atoms with van der Waals surface area (Å²) in [5.74, 6) is 0.0139. The van der Waals surface area contributed by atoms with Crippen molar-refractivity contribution < 1.29 is 14.6 Å². The van der Waals surface area contributed by atoms with Gasteiger partial charge in [0.25, 0.3) is 0 Å². The maximum atomic E-state index is 13.1. The van der Waals surface area contributed by atoms with Crippen LogP contribution in [0.3, 0.4) is 0 Å². The minimum atomic E-state index is -0.876. The molecule has 1 aliphatic heterocycles. The zero-order valence-electron chi connectivity index (χ0n) is 14.7. The van der Waals surface area contributed by atoms with E-state index in [1.54, 1.807) is 4.90 Å². The van der Waals surface area contributed by atoms with E-state index in [0.29, 0.717) is 39.1 Å². The third-order valence-electron chi connectivity index (χ3n) is 4.87. The van der Waals surface area contributed by atoms with E-state index in [1.807, 2.05) is 66.3 Å². The van der Waals surface area contributed by atoms with E-state index >= 15 is 0 Å². The fourth-order valence-electron chi connectivity index (χ4n) is 3.28. The highest BCUT2D eigenvalue weighted by atomic mass is 16.5. The molecule has 1 N–H and O–H groups in total. The molecule has 0 spiro atoms. The number of nitrogens with zero attached hydrogens (tertiary/aromatic N) is 2. The minimum absolute atomic E-state index is 0.0139. The van der Waals surface area contributed by atoms with E-state index in [-0.39, 0.29) is 11.9 Å². The molecule has 1 fully saturated rings. The molecular weight excluding hydrogens is 316 g/mol. The van der Waals surface area contributed by atoms with Crippen LogP contribution in [0.2, 0.25) is 0 Å². The molecule has 134 valence electrons. The van der Waals surface area contributed by atoms with Crippen LogP contribution in [0.25, 0.3) is 0 Å². The van der Waals surface area contributed by atoms with Gasteiger partial charge in [-0.3, -0.25) is 4.79 Å². The molecule has 0 bridgehead atoms. The summed E-state index contributed by atoms with van der Waals surface area (Å²) < 4.78 is 7.26. The second-order valence-electron chi connectivity index (χ2n) is 6.82. The molecule has 2 aromatic rings. The van der Waals surface area contributed by atoms with Gasteiger partial charge in [0, 0.05) is 51.5 Å². The molecule has 1 amide bonds. The predicted octanol–water partition coefficient (Wildman–Crippen LogP) is 2.62. The Morgan fingerprint density at radius 3 is 2.48 bits per heavy atom. The van der Waals surface area contributed by atoms with Crippen molar-refractivity contribution in [2.45, 2.75) is 38.0 Å². The third-order valence-corrected chi connectivity index (χ3v) is 4.87. The molecular formula is C20H26N2O3. The van der Waals surface area contributed by atoms with Crippen molar-refractivity contribution in [2.24, 2.45) is 0 Å². The Hall–Kier alpha value is -2.11. The summed E-state index contributed by atoms with van der Waals surface area (Å²) in [6.07, 6.45) is 4.91. The summed E-state index contributed by atoms with van der Waals surface area (Å²) in [4.78, 5) is 14.9. The van der Waals surface area contributed by atoms with Gasteiger partial charge in [0.05, 0.1) is 5.60 Å². The molecule has 25 heavy (non-hydrogen) atoms. The number of hydrogen-bond acceptors (Lipinski definition) is 3. The number of rotatable bonds is 6. The largest absolute Gasteiger partial charge is 0.388 e. The van der Waals surface area contributed by atoms with Crippen molar-refractivity contribution in [3.63, 3.8) is 0 Å². The Balaban J connectivity index is 1.79. The molecule has 2 heterocycles. The van der Waals surface area contributed by atoms with E-state index in [2.05, 4.69) is 0 Å². The third kappa shape index (κ3) is 4.50. The SMILES string of the molecule is CC(C(=O)N(Cc1ccccc1)CC1(O)CCOCC1)n1cccc1. The van der Waals surface area contributed by atoms with E-state index in [9.17, 15) is 9.90 Å². The topological polar surface area (TPSA) is 54.7 Å². The molecule has 5 heteroatoms. The van der Waals surface area contributed by atoms with Crippen LogP contribution in [-0.2, 0) is 16.1 Å². The summed E-state index contributed by atoms with van der Waals surface area (Å²) in [6, 6.07) is 13.4. The van der Waals surface area contributed by atoms with E-state index < -0.39 is 5.60 Å². The lowest BCUT2D eigenvalue weighted by atomic mass is 9.93. The fraction of sp³-hybridized carbons (Fsp3) is 0.450. The number of aromatic nitrogens is 1. The normalized spacial score (nSPS) is 17.8. The maximum Gasteiger partial charge on any atom is 0.245 e. The van der Waals surface area contributed by atoms with Crippen LogP contribution in [0.5, 0.6) is 0 Å². The van der Waals surface area contributed by atoms with Gasteiger partial charge in [-0.15, -0.1) is 0 Å². The van der Waals surface area contributed by atoms with Crippen LogP contribution in [0.4, 0.5) is 0 Å². The van der Waals surface area contributed by atoms with Gasteiger partial charge in [-0.2, -0.15) is 0 Å². The van der Waals surface area contributed by atoms with E-state index in [4.69, 9.17) is 4.74 Å². The standard InChI is InChI=1S/C20H26N2O3/c1-17(21-11-5-6-12-21)19(23)22(15-18-7-3-2-4-8-18)16-20(24)9-13-25-14-10-20/h2-8,11-12,17,24H,9-10,13-16H2,1H3. The first-order valence-corrected chi connectivity index (χ1v) is 8.83. The van der Waals surface area contributed by atoms with Gasteiger partial charge >= 0.3 is 0 Å². The molecule has 0 aliphatic carbocycles. The number of amides is 1. The Labute approximate surface area is 148 Å². The molecule has 1 aromatic carbocycles. The molecule has 5 nitrogen and oxygen atoms in total. The van der Waals surface area contributed by atoms with Crippen molar-refractivity contribution in [3.8, 4) is 0 Å². The Kier molecular flexibility index (Phi) is 5.56. The van der Waals surface area contributed by atoms with Gasteiger partial charge in [-0.1, -0.05) is 30.3 Å².